The molecule has 5 heteroatoms. The molecule has 0 unspecified atom stereocenters. The lowest BCUT2D eigenvalue weighted by Crippen LogP contribution is -2.30. The third kappa shape index (κ3) is 3.23. The van der Waals surface area contributed by atoms with Crippen molar-refractivity contribution in [2.45, 2.75) is 13.0 Å². The minimum atomic E-state index is -0.383. The number of hydrazine groups is 1. The SMILES string of the molecule is C=CCCOCc1occc1C(=O)NN. The zero-order chi connectivity index (χ0) is 11.1. The van der Waals surface area contributed by atoms with Crippen LogP contribution in [0.3, 0.4) is 0 Å². The molecular weight excluding hydrogens is 196 g/mol. The van der Waals surface area contributed by atoms with Crippen LogP contribution in [0.5, 0.6) is 0 Å². The zero-order valence-corrected chi connectivity index (χ0v) is 8.36. The highest BCUT2D eigenvalue weighted by molar-refractivity contribution is 5.94. The molecule has 0 aliphatic heterocycles. The second-order valence-electron chi connectivity index (χ2n) is 2.86. The molecule has 0 aromatic carbocycles. The summed E-state index contributed by atoms with van der Waals surface area (Å²) in [5, 5.41) is 0. The van der Waals surface area contributed by atoms with Gasteiger partial charge in [0, 0.05) is 0 Å². The van der Waals surface area contributed by atoms with E-state index in [-0.39, 0.29) is 12.5 Å². The lowest BCUT2D eigenvalue weighted by Gasteiger charge is -2.02. The normalized spacial score (nSPS) is 9.93. The molecule has 5 nitrogen and oxygen atoms in total. The van der Waals surface area contributed by atoms with Gasteiger partial charge in [-0.3, -0.25) is 10.2 Å². The standard InChI is InChI=1S/C10H14N2O3/c1-2-3-5-14-7-9-8(4-6-15-9)10(13)12-11/h2,4,6H,1,3,5,7,11H2,(H,12,13). The van der Waals surface area contributed by atoms with Crippen LogP contribution < -0.4 is 11.3 Å². The third-order valence-corrected chi connectivity index (χ3v) is 1.82. The summed E-state index contributed by atoms with van der Waals surface area (Å²) < 4.78 is 10.4. The highest BCUT2D eigenvalue weighted by atomic mass is 16.5. The van der Waals surface area contributed by atoms with Crippen LogP contribution in [-0.2, 0) is 11.3 Å². The molecule has 3 N–H and O–H groups in total. The summed E-state index contributed by atoms with van der Waals surface area (Å²) in [6.07, 6.45) is 3.95. The van der Waals surface area contributed by atoms with Gasteiger partial charge in [-0.2, -0.15) is 0 Å². The van der Waals surface area contributed by atoms with Crippen molar-refractivity contribution in [2.24, 2.45) is 5.84 Å². The van der Waals surface area contributed by atoms with E-state index in [9.17, 15) is 4.79 Å². The van der Waals surface area contributed by atoms with Gasteiger partial charge in [0.05, 0.1) is 18.4 Å². The van der Waals surface area contributed by atoms with Crippen molar-refractivity contribution < 1.29 is 13.9 Å². The van der Waals surface area contributed by atoms with Crippen molar-refractivity contribution in [3.05, 3.63) is 36.3 Å². The molecular formula is C10H14N2O3. The summed E-state index contributed by atoms with van der Waals surface area (Å²) in [5.74, 6) is 5.10. The predicted molar refractivity (Wildman–Crippen MR) is 54.8 cm³/mol. The molecule has 1 aromatic heterocycles. The summed E-state index contributed by atoms with van der Waals surface area (Å²) in [6.45, 7) is 4.37. The van der Waals surface area contributed by atoms with Crippen molar-refractivity contribution in [1.29, 1.82) is 0 Å². The van der Waals surface area contributed by atoms with E-state index in [1.54, 1.807) is 12.1 Å². The van der Waals surface area contributed by atoms with Crippen molar-refractivity contribution in [3.8, 4) is 0 Å². The Balaban J connectivity index is 2.50. The van der Waals surface area contributed by atoms with E-state index in [1.165, 1.54) is 6.26 Å². The zero-order valence-electron chi connectivity index (χ0n) is 8.36. The number of amides is 1. The van der Waals surface area contributed by atoms with Crippen LogP contribution in [0.1, 0.15) is 22.5 Å². The van der Waals surface area contributed by atoms with Crippen molar-refractivity contribution in [1.82, 2.24) is 5.43 Å². The molecule has 0 bridgehead atoms. The van der Waals surface area contributed by atoms with Crippen molar-refractivity contribution in [2.75, 3.05) is 6.61 Å². The number of nitrogen functional groups attached to an aromatic ring is 1. The van der Waals surface area contributed by atoms with Gasteiger partial charge in [-0.1, -0.05) is 6.08 Å². The van der Waals surface area contributed by atoms with Crippen LogP contribution in [-0.4, -0.2) is 12.5 Å². The van der Waals surface area contributed by atoms with Crippen LogP contribution >= 0.6 is 0 Å². The molecule has 0 saturated heterocycles. The molecule has 0 saturated carbocycles. The van der Waals surface area contributed by atoms with E-state index in [2.05, 4.69) is 6.58 Å². The van der Waals surface area contributed by atoms with Gasteiger partial charge >= 0.3 is 0 Å². The van der Waals surface area contributed by atoms with Gasteiger partial charge in [0.2, 0.25) is 0 Å². The summed E-state index contributed by atoms with van der Waals surface area (Å²) in [4.78, 5) is 11.2. The Morgan fingerprint density at radius 3 is 3.20 bits per heavy atom. The number of rotatable bonds is 6. The van der Waals surface area contributed by atoms with E-state index < -0.39 is 0 Å². The van der Waals surface area contributed by atoms with Crippen LogP contribution in [0.15, 0.2) is 29.4 Å². The van der Waals surface area contributed by atoms with E-state index >= 15 is 0 Å². The predicted octanol–water partition coefficient (Wildman–Crippen LogP) is 0.976. The second kappa shape index (κ2) is 6.00. The van der Waals surface area contributed by atoms with Crippen molar-refractivity contribution in [3.63, 3.8) is 0 Å². The number of carbonyl (C=O) groups is 1. The Morgan fingerprint density at radius 2 is 2.53 bits per heavy atom. The fourth-order valence-corrected chi connectivity index (χ4v) is 1.06. The van der Waals surface area contributed by atoms with Gasteiger partial charge in [0.15, 0.2) is 0 Å². The molecule has 1 heterocycles. The number of carbonyl (C=O) groups excluding carboxylic acids is 1. The molecule has 15 heavy (non-hydrogen) atoms. The fourth-order valence-electron chi connectivity index (χ4n) is 1.06. The number of hydrogen-bond donors (Lipinski definition) is 2. The molecule has 1 aromatic rings. The van der Waals surface area contributed by atoms with E-state index in [1.807, 2.05) is 5.43 Å². The Kier molecular flexibility index (Phi) is 4.59. The lowest BCUT2D eigenvalue weighted by molar-refractivity contribution is 0.0924. The number of nitrogens with two attached hydrogens (primary N) is 1. The molecule has 0 fully saturated rings. The van der Waals surface area contributed by atoms with E-state index in [4.69, 9.17) is 15.0 Å². The number of ether oxygens (including phenoxy) is 1. The molecule has 0 aliphatic carbocycles. The first-order chi connectivity index (χ1) is 7.29. The van der Waals surface area contributed by atoms with E-state index in [0.717, 1.165) is 6.42 Å². The van der Waals surface area contributed by atoms with Gasteiger partial charge in [-0.25, -0.2) is 5.84 Å². The highest BCUT2D eigenvalue weighted by Crippen LogP contribution is 2.11. The number of hydrogen-bond acceptors (Lipinski definition) is 4. The largest absolute Gasteiger partial charge is 0.466 e. The summed E-state index contributed by atoms with van der Waals surface area (Å²) in [6, 6.07) is 1.55. The Morgan fingerprint density at radius 1 is 1.73 bits per heavy atom. The maximum Gasteiger partial charge on any atom is 0.268 e. The number of nitrogens with one attached hydrogen (secondary N) is 1. The molecule has 0 radical (unpaired) electrons. The minimum Gasteiger partial charge on any atom is -0.466 e. The highest BCUT2D eigenvalue weighted by Gasteiger charge is 2.12. The summed E-state index contributed by atoms with van der Waals surface area (Å²) >= 11 is 0. The monoisotopic (exact) mass is 210 g/mol. The lowest BCUT2D eigenvalue weighted by atomic mass is 10.2. The molecule has 0 spiro atoms. The number of furan rings is 1. The van der Waals surface area contributed by atoms with E-state index in [0.29, 0.717) is 17.9 Å². The first kappa shape index (κ1) is 11.5. The van der Waals surface area contributed by atoms with Gasteiger partial charge in [0.1, 0.15) is 12.4 Å². The average Bonchev–Trinajstić information content (AvgIpc) is 2.71. The smallest absolute Gasteiger partial charge is 0.268 e. The molecule has 82 valence electrons. The Hall–Kier alpha value is -1.59. The van der Waals surface area contributed by atoms with Gasteiger partial charge in [0.25, 0.3) is 5.91 Å². The fraction of sp³-hybridized carbons (Fsp3) is 0.300. The third-order valence-electron chi connectivity index (χ3n) is 1.82. The van der Waals surface area contributed by atoms with Crippen LogP contribution in [0.25, 0.3) is 0 Å². The topological polar surface area (TPSA) is 77.5 Å². The summed E-state index contributed by atoms with van der Waals surface area (Å²) in [5.41, 5.74) is 2.44. The molecule has 0 atom stereocenters. The second-order valence-corrected chi connectivity index (χ2v) is 2.86. The Labute approximate surface area is 87.9 Å². The first-order valence-corrected chi connectivity index (χ1v) is 4.55. The van der Waals surface area contributed by atoms with Crippen LogP contribution in [0.2, 0.25) is 0 Å². The van der Waals surface area contributed by atoms with Gasteiger partial charge in [-0.05, 0) is 12.5 Å². The maximum atomic E-state index is 11.2. The summed E-state index contributed by atoms with van der Waals surface area (Å²) in [7, 11) is 0. The van der Waals surface area contributed by atoms with Gasteiger partial charge in [-0.15, -0.1) is 6.58 Å². The Bertz CT molecular complexity index is 333. The molecule has 1 amide bonds. The van der Waals surface area contributed by atoms with Crippen LogP contribution in [0.4, 0.5) is 0 Å². The van der Waals surface area contributed by atoms with Gasteiger partial charge < -0.3 is 9.15 Å². The van der Waals surface area contributed by atoms with Crippen LogP contribution in [0, 0.1) is 0 Å². The quantitative estimate of drug-likeness (QED) is 0.241. The minimum absolute atomic E-state index is 0.254. The average molecular weight is 210 g/mol. The van der Waals surface area contributed by atoms with Crippen molar-refractivity contribution >= 4 is 5.91 Å². The maximum absolute atomic E-state index is 11.2. The first-order valence-electron chi connectivity index (χ1n) is 4.55. The molecule has 0 aliphatic rings. The molecule has 1 rings (SSSR count).